The van der Waals surface area contributed by atoms with E-state index >= 15 is 0 Å². The fraction of sp³-hybridized carbons (Fsp3) is 0.333. The maximum absolute atomic E-state index is 12.4. The molecule has 66 valence electrons. The maximum atomic E-state index is 12.4. The van der Waals surface area contributed by atoms with Gasteiger partial charge in [0.25, 0.3) is 0 Å². The lowest BCUT2D eigenvalue weighted by molar-refractivity contribution is 0.398. The van der Waals surface area contributed by atoms with Gasteiger partial charge in [0.2, 0.25) is 0 Å². The number of alkyl halides is 1. The summed E-state index contributed by atoms with van der Waals surface area (Å²) in [6, 6.07) is 6.84. The van der Waals surface area contributed by atoms with Crippen LogP contribution in [0.3, 0.4) is 0 Å². The Morgan fingerprint density at radius 2 is 2.33 bits per heavy atom. The van der Waals surface area contributed by atoms with Gasteiger partial charge >= 0.3 is 0 Å². The van der Waals surface area contributed by atoms with Crippen molar-refractivity contribution >= 4 is 11.8 Å². The van der Waals surface area contributed by atoms with Crippen LogP contribution in [0, 0.1) is 0 Å². The molecular formula is C9H11FOS. The van der Waals surface area contributed by atoms with Crippen LogP contribution in [0.2, 0.25) is 0 Å². The summed E-state index contributed by atoms with van der Waals surface area (Å²) in [5.41, 5.74) is 0. The number of phenolic OH excluding ortho intramolecular Hbond substituents is 1. The number of rotatable bonds is 3. The number of hydrogen-bond donors (Lipinski definition) is 1. The first kappa shape index (κ1) is 9.39. The third-order valence-corrected chi connectivity index (χ3v) is 2.51. The molecule has 0 aliphatic heterocycles. The fourth-order valence-electron chi connectivity index (χ4n) is 0.784. The van der Waals surface area contributed by atoms with Gasteiger partial charge in [-0.05, 0) is 25.1 Å². The van der Waals surface area contributed by atoms with E-state index in [4.69, 9.17) is 5.11 Å². The lowest BCUT2D eigenvalue weighted by Gasteiger charge is -2.01. The smallest absolute Gasteiger partial charge is 0.116 e. The van der Waals surface area contributed by atoms with E-state index in [1.165, 1.54) is 18.7 Å². The molecule has 1 atom stereocenters. The van der Waals surface area contributed by atoms with Gasteiger partial charge in [-0.15, -0.1) is 11.8 Å². The summed E-state index contributed by atoms with van der Waals surface area (Å²) in [6.07, 6.45) is -0.808. The molecule has 1 aromatic carbocycles. The molecule has 0 heterocycles. The fourth-order valence-corrected chi connectivity index (χ4v) is 1.59. The molecule has 0 spiro atoms. The minimum atomic E-state index is -0.808. The summed E-state index contributed by atoms with van der Waals surface area (Å²) >= 11 is 1.41. The second-order valence-electron chi connectivity index (χ2n) is 2.59. The quantitative estimate of drug-likeness (QED) is 0.732. The van der Waals surface area contributed by atoms with Gasteiger partial charge in [0.05, 0.1) is 0 Å². The Kier molecular flexibility index (Phi) is 3.41. The van der Waals surface area contributed by atoms with Crippen LogP contribution in [-0.2, 0) is 0 Å². The Morgan fingerprint density at radius 1 is 1.58 bits per heavy atom. The number of phenols is 1. The average Bonchev–Trinajstić information content (AvgIpc) is 2.01. The summed E-state index contributed by atoms with van der Waals surface area (Å²) < 4.78 is 12.4. The van der Waals surface area contributed by atoms with E-state index in [9.17, 15) is 4.39 Å². The largest absolute Gasteiger partial charge is 0.508 e. The molecule has 0 aliphatic carbocycles. The van der Waals surface area contributed by atoms with Crippen LogP contribution >= 0.6 is 11.8 Å². The van der Waals surface area contributed by atoms with Gasteiger partial charge in [-0.1, -0.05) is 6.07 Å². The van der Waals surface area contributed by atoms with Crippen molar-refractivity contribution in [3.05, 3.63) is 24.3 Å². The average molecular weight is 186 g/mol. The van der Waals surface area contributed by atoms with Crippen molar-refractivity contribution in [3.8, 4) is 5.75 Å². The van der Waals surface area contributed by atoms with Crippen molar-refractivity contribution in [1.29, 1.82) is 0 Å². The molecule has 3 heteroatoms. The molecule has 0 saturated carbocycles. The van der Waals surface area contributed by atoms with Crippen LogP contribution in [0.1, 0.15) is 6.92 Å². The third-order valence-electron chi connectivity index (χ3n) is 1.30. The summed E-state index contributed by atoms with van der Waals surface area (Å²) in [5, 5.41) is 9.07. The Bertz CT molecular complexity index is 250. The molecule has 0 saturated heterocycles. The zero-order valence-corrected chi connectivity index (χ0v) is 7.64. The topological polar surface area (TPSA) is 20.2 Å². The van der Waals surface area contributed by atoms with Gasteiger partial charge in [-0.25, -0.2) is 4.39 Å². The van der Waals surface area contributed by atoms with Crippen LogP contribution in [0.15, 0.2) is 29.2 Å². The zero-order valence-electron chi connectivity index (χ0n) is 6.83. The minimum Gasteiger partial charge on any atom is -0.508 e. The highest BCUT2D eigenvalue weighted by molar-refractivity contribution is 7.99. The molecule has 1 nitrogen and oxygen atoms in total. The van der Waals surface area contributed by atoms with E-state index < -0.39 is 6.17 Å². The second-order valence-corrected chi connectivity index (χ2v) is 3.68. The number of benzene rings is 1. The molecule has 0 aromatic heterocycles. The Labute approximate surface area is 75.6 Å². The number of thioether (sulfide) groups is 1. The molecule has 1 N–H and O–H groups in total. The van der Waals surface area contributed by atoms with E-state index in [1.54, 1.807) is 18.2 Å². The van der Waals surface area contributed by atoms with E-state index in [0.29, 0.717) is 5.75 Å². The number of hydrogen-bond acceptors (Lipinski definition) is 2. The summed E-state index contributed by atoms with van der Waals surface area (Å²) in [7, 11) is 0. The monoisotopic (exact) mass is 186 g/mol. The summed E-state index contributed by atoms with van der Waals surface area (Å²) in [5.74, 6) is 0.662. The lowest BCUT2D eigenvalue weighted by atomic mass is 10.3. The molecule has 0 radical (unpaired) electrons. The second kappa shape index (κ2) is 4.36. The van der Waals surface area contributed by atoms with Gasteiger partial charge in [0.1, 0.15) is 11.9 Å². The highest BCUT2D eigenvalue weighted by Crippen LogP contribution is 2.22. The van der Waals surface area contributed by atoms with Gasteiger partial charge in [0, 0.05) is 10.6 Å². The van der Waals surface area contributed by atoms with Gasteiger partial charge in [-0.3, -0.25) is 0 Å². The van der Waals surface area contributed by atoms with Crippen molar-refractivity contribution in [1.82, 2.24) is 0 Å². The highest BCUT2D eigenvalue weighted by Gasteiger charge is 2.00. The highest BCUT2D eigenvalue weighted by atomic mass is 32.2. The molecule has 1 rings (SSSR count). The first-order valence-corrected chi connectivity index (χ1v) is 4.73. The standard InChI is InChI=1S/C9H11FOS/c1-7(10)6-12-9-4-2-3-8(11)5-9/h2-5,7,11H,6H2,1H3. The number of aromatic hydroxyl groups is 1. The van der Waals surface area contributed by atoms with Crippen molar-refractivity contribution < 1.29 is 9.50 Å². The van der Waals surface area contributed by atoms with Crippen LogP contribution in [0.5, 0.6) is 5.75 Å². The lowest BCUT2D eigenvalue weighted by Crippen LogP contribution is -1.94. The van der Waals surface area contributed by atoms with E-state index in [0.717, 1.165) is 4.90 Å². The maximum Gasteiger partial charge on any atom is 0.116 e. The molecule has 0 amide bonds. The molecule has 0 bridgehead atoms. The van der Waals surface area contributed by atoms with E-state index in [2.05, 4.69) is 0 Å². The van der Waals surface area contributed by atoms with Crippen LogP contribution in [-0.4, -0.2) is 17.0 Å². The zero-order chi connectivity index (χ0) is 8.97. The van der Waals surface area contributed by atoms with Crippen LogP contribution in [0.4, 0.5) is 4.39 Å². The predicted octanol–water partition coefficient (Wildman–Crippen LogP) is 2.84. The van der Waals surface area contributed by atoms with Gasteiger partial charge < -0.3 is 5.11 Å². The minimum absolute atomic E-state index is 0.228. The molecule has 0 fully saturated rings. The molecule has 0 aliphatic rings. The van der Waals surface area contributed by atoms with Crippen molar-refractivity contribution in [2.75, 3.05) is 5.75 Å². The van der Waals surface area contributed by atoms with E-state index in [-0.39, 0.29) is 5.75 Å². The normalized spacial score (nSPS) is 12.8. The summed E-state index contributed by atoms with van der Waals surface area (Å²) in [6.45, 7) is 1.52. The van der Waals surface area contributed by atoms with Crippen LogP contribution < -0.4 is 0 Å². The number of halogens is 1. The first-order chi connectivity index (χ1) is 5.68. The van der Waals surface area contributed by atoms with Gasteiger partial charge in [-0.2, -0.15) is 0 Å². The van der Waals surface area contributed by atoms with Crippen molar-refractivity contribution in [2.24, 2.45) is 0 Å². The Morgan fingerprint density at radius 3 is 2.92 bits per heavy atom. The van der Waals surface area contributed by atoms with Gasteiger partial charge in [0.15, 0.2) is 0 Å². The van der Waals surface area contributed by atoms with E-state index in [1.807, 2.05) is 6.07 Å². The first-order valence-electron chi connectivity index (χ1n) is 3.74. The molecule has 12 heavy (non-hydrogen) atoms. The predicted molar refractivity (Wildman–Crippen MR) is 49.4 cm³/mol. The Hall–Kier alpha value is -0.700. The van der Waals surface area contributed by atoms with Crippen LogP contribution in [0.25, 0.3) is 0 Å². The molecular weight excluding hydrogens is 175 g/mol. The molecule has 1 unspecified atom stereocenters. The SMILES string of the molecule is CC(F)CSc1cccc(O)c1. The van der Waals surface area contributed by atoms with Crippen molar-refractivity contribution in [2.45, 2.75) is 18.0 Å². The third kappa shape index (κ3) is 3.13. The Balaban J connectivity index is 2.52. The molecule has 1 aromatic rings. The van der Waals surface area contributed by atoms with Crippen molar-refractivity contribution in [3.63, 3.8) is 0 Å². The summed E-state index contributed by atoms with van der Waals surface area (Å²) in [4.78, 5) is 0.902.